The molecule has 0 spiro atoms. The van der Waals surface area contributed by atoms with Crippen molar-refractivity contribution in [2.45, 2.75) is 0 Å². The molecule has 0 rings (SSSR count). The lowest BCUT2D eigenvalue weighted by Gasteiger charge is -1.63. The Labute approximate surface area is 31.3 Å². The molecule has 0 aliphatic carbocycles. The first-order valence-electron chi connectivity index (χ1n) is 0.896. The molecule has 0 atom stereocenters. The van der Waals surface area contributed by atoms with Gasteiger partial charge in [0.2, 0.25) is 0 Å². The first-order chi connectivity index (χ1) is 2.00. The van der Waals surface area contributed by atoms with Crippen LogP contribution in [-0.2, 0) is 10.2 Å². The maximum atomic E-state index is 10.7. The molecule has 0 N–H and O–H groups in total. The Balaban J connectivity index is 0. The van der Waals surface area contributed by atoms with Crippen LogP contribution in [0.25, 0.3) is 0 Å². The molecule has 0 saturated heterocycles. The molecule has 0 aromatic rings. The fraction of sp³-hybridized carbons (Fsp3) is 1.00. The first-order valence-corrected chi connectivity index (χ1v) is 2.69. The summed E-state index contributed by atoms with van der Waals surface area (Å²) in [6.07, 6.45) is 0.493. The summed E-state index contributed by atoms with van der Waals surface area (Å²) in [6, 6.07) is 0. The Hall–Kier alpha value is -0.120. The van der Waals surface area contributed by atoms with Crippen molar-refractivity contribution in [1.29, 1.82) is 0 Å². The van der Waals surface area contributed by atoms with Gasteiger partial charge in [0.15, 0.2) is 0 Å². The van der Waals surface area contributed by atoms with Crippen molar-refractivity contribution < 1.29 is 13.7 Å². The van der Waals surface area contributed by atoms with Crippen LogP contribution in [0.15, 0.2) is 0 Å². The van der Waals surface area contributed by atoms with Crippen molar-refractivity contribution in [3.05, 3.63) is 0 Å². The highest BCUT2D eigenvalue weighted by molar-refractivity contribution is 7.85. The van der Waals surface area contributed by atoms with Crippen LogP contribution in [0, 0.1) is 0 Å². The van der Waals surface area contributed by atoms with Gasteiger partial charge in [0.25, 0.3) is 10.2 Å². The number of halogens is 1. The lowest BCUT2D eigenvalue weighted by molar-refractivity contribution is 0.559. The van der Waals surface area contributed by atoms with Crippen LogP contribution in [-0.4, -0.2) is 14.7 Å². The molecule has 0 aliphatic heterocycles. The smallest absolute Gasteiger partial charge is 0.195 e. The van der Waals surface area contributed by atoms with Crippen LogP contribution in [0.5, 0.6) is 0 Å². The SMILES string of the molecule is CS(=O)(=O)F.[H+]. The summed E-state index contributed by atoms with van der Waals surface area (Å²) >= 11 is 0. The van der Waals surface area contributed by atoms with Crippen LogP contribution < -0.4 is 0 Å². The average Bonchev–Trinajstić information content (AvgIpc) is 0.722. The van der Waals surface area contributed by atoms with E-state index >= 15 is 0 Å². The summed E-state index contributed by atoms with van der Waals surface area (Å²) in [5.74, 6) is 0. The number of hydrogen-bond acceptors (Lipinski definition) is 2. The zero-order chi connectivity index (χ0) is 4.50. The van der Waals surface area contributed by atoms with E-state index in [4.69, 9.17) is 8.42 Å². The molecule has 5 heavy (non-hydrogen) atoms. The second-order valence-electron chi connectivity index (χ2n) is 0.682. The zero-order valence-electron chi connectivity index (χ0n) is 3.60. The summed E-state index contributed by atoms with van der Waals surface area (Å²) < 4.78 is 28.6. The Morgan fingerprint density at radius 1 is 1.80 bits per heavy atom. The van der Waals surface area contributed by atoms with E-state index in [-0.39, 0.29) is 1.43 Å². The van der Waals surface area contributed by atoms with Crippen molar-refractivity contribution in [2.75, 3.05) is 6.26 Å². The van der Waals surface area contributed by atoms with Crippen LogP contribution in [0.4, 0.5) is 3.89 Å². The van der Waals surface area contributed by atoms with Gasteiger partial charge in [0.05, 0.1) is 6.26 Å². The molecule has 0 heterocycles. The van der Waals surface area contributed by atoms with Crippen molar-refractivity contribution in [3.63, 3.8) is 0 Å². The van der Waals surface area contributed by atoms with Crippen molar-refractivity contribution in [1.82, 2.24) is 0 Å². The minimum Gasteiger partial charge on any atom is -0.195 e. The molecule has 0 aromatic carbocycles. The molecule has 2 nitrogen and oxygen atoms in total. The van der Waals surface area contributed by atoms with Crippen molar-refractivity contribution in [2.24, 2.45) is 0 Å². The molecule has 4 heteroatoms. The molecular formula is CH4FO2S+. The normalized spacial score (nSPS) is 11.6. The highest BCUT2D eigenvalue weighted by atomic mass is 32.3. The van der Waals surface area contributed by atoms with Gasteiger partial charge in [-0.25, -0.2) is 0 Å². The summed E-state index contributed by atoms with van der Waals surface area (Å²) in [6.45, 7) is 0. The minimum atomic E-state index is -4.17. The Kier molecular flexibility index (Phi) is 0.908. The molecule has 0 bridgehead atoms. The molecule has 0 fully saturated rings. The molecule has 0 aliphatic rings. The van der Waals surface area contributed by atoms with Gasteiger partial charge in [-0.15, -0.1) is 3.89 Å². The van der Waals surface area contributed by atoms with Gasteiger partial charge in [-0.05, 0) is 0 Å². The fourth-order valence-electron chi connectivity index (χ4n) is 0. The monoisotopic (exact) mass is 99.0 g/mol. The third-order valence-electron chi connectivity index (χ3n) is 0. The topological polar surface area (TPSA) is 34.1 Å². The lowest BCUT2D eigenvalue weighted by Crippen LogP contribution is -1.78. The number of rotatable bonds is 0. The second kappa shape index (κ2) is 0.931. The van der Waals surface area contributed by atoms with E-state index in [1.54, 1.807) is 0 Å². The van der Waals surface area contributed by atoms with Crippen LogP contribution in [0.3, 0.4) is 0 Å². The van der Waals surface area contributed by atoms with Crippen LogP contribution in [0.2, 0.25) is 0 Å². The van der Waals surface area contributed by atoms with E-state index < -0.39 is 10.2 Å². The third kappa shape index (κ3) is 952. The van der Waals surface area contributed by atoms with Crippen molar-refractivity contribution in [3.8, 4) is 0 Å². The van der Waals surface area contributed by atoms with Gasteiger partial charge in [0.1, 0.15) is 0 Å². The molecule has 0 radical (unpaired) electrons. The maximum absolute atomic E-state index is 10.7. The van der Waals surface area contributed by atoms with Gasteiger partial charge in [-0.1, -0.05) is 0 Å². The van der Waals surface area contributed by atoms with Crippen LogP contribution >= 0.6 is 0 Å². The van der Waals surface area contributed by atoms with Gasteiger partial charge < -0.3 is 0 Å². The molecular weight excluding hydrogens is 95.1 g/mol. The van der Waals surface area contributed by atoms with Gasteiger partial charge in [0, 0.05) is 0 Å². The standard InChI is InChI=1S/CH3FO2S/c1-5(2,3)4/h1H3/p+1. The average molecular weight is 99.1 g/mol. The van der Waals surface area contributed by atoms with Gasteiger partial charge in [-0.3, -0.25) is 0 Å². The maximum Gasteiger partial charge on any atom is 1.00 e. The predicted molar refractivity (Wildman–Crippen MR) is 17.1 cm³/mol. The second-order valence-corrected chi connectivity index (χ2v) is 2.04. The van der Waals surface area contributed by atoms with E-state index in [0.29, 0.717) is 6.26 Å². The van der Waals surface area contributed by atoms with Gasteiger partial charge >= 0.3 is 1.43 Å². The lowest BCUT2D eigenvalue weighted by atomic mass is 12.0. The fourth-order valence-corrected chi connectivity index (χ4v) is 0. The van der Waals surface area contributed by atoms with E-state index in [1.807, 2.05) is 0 Å². The summed E-state index contributed by atoms with van der Waals surface area (Å²) in [5, 5.41) is 0. The largest absolute Gasteiger partial charge is 1.00 e. The van der Waals surface area contributed by atoms with Gasteiger partial charge in [-0.2, -0.15) is 8.42 Å². The summed E-state index contributed by atoms with van der Waals surface area (Å²) in [5.41, 5.74) is 0. The number of hydrogen-bond donors (Lipinski definition) is 0. The van der Waals surface area contributed by atoms with E-state index in [2.05, 4.69) is 0 Å². The molecule has 0 amide bonds. The molecule has 32 valence electrons. The third-order valence-corrected chi connectivity index (χ3v) is 0. The minimum absolute atomic E-state index is 0. The van der Waals surface area contributed by atoms with Crippen molar-refractivity contribution >= 4 is 10.2 Å². The van der Waals surface area contributed by atoms with E-state index in [1.165, 1.54) is 0 Å². The Morgan fingerprint density at radius 3 is 1.80 bits per heavy atom. The molecule has 0 saturated carbocycles. The molecule has 0 unspecified atom stereocenters. The predicted octanol–water partition coefficient (Wildman–Crippen LogP) is 0.0280. The highest BCUT2D eigenvalue weighted by Crippen LogP contribution is 1.75. The quantitative estimate of drug-likeness (QED) is 0.401. The van der Waals surface area contributed by atoms with Crippen LogP contribution in [0.1, 0.15) is 1.43 Å². The summed E-state index contributed by atoms with van der Waals surface area (Å²) in [7, 11) is -4.17. The highest BCUT2D eigenvalue weighted by Gasteiger charge is 1.86. The first kappa shape index (κ1) is 4.88. The van der Waals surface area contributed by atoms with E-state index in [9.17, 15) is 3.89 Å². The van der Waals surface area contributed by atoms with E-state index in [0.717, 1.165) is 0 Å². The Morgan fingerprint density at radius 2 is 1.80 bits per heavy atom. The zero-order valence-corrected chi connectivity index (χ0v) is 3.42. The summed E-state index contributed by atoms with van der Waals surface area (Å²) in [4.78, 5) is 0. The molecule has 0 aromatic heterocycles. The Bertz CT molecular complexity index is 96.7.